The van der Waals surface area contributed by atoms with Crippen LogP contribution in [0.4, 0.5) is 5.69 Å². The summed E-state index contributed by atoms with van der Waals surface area (Å²) in [5.74, 6) is -0.237. The summed E-state index contributed by atoms with van der Waals surface area (Å²) in [4.78, 5) is 24.0. The van der Waals surface area contributed by atoms with Gasteiger partial charge in [0.2, 0.25) is 5.91 Å². The first-order valence-corrected chi connectivity index (χ1v) is 8.54. The molecule has 0 saturated heterocycles. The van der Waals surface area contributed by atoms with E-state index in [1.807, 2.05) is 24.3 Å². The summed E-state index contributed by atoms with van der Waals surface area (Å²) in [6.45, 7) is 1.91. The SMILES string of the molecule is CCc1ccc(C(CO)NC(=O)c2ccc3c(c2)CCC(=O)N3)cc1. The number of aliphatic hydroxyl groups excluding tert-OH is 1. The van der Waals surface area contributed by atoms with Crippen molar-refractivity contribution in [3.8, 4) is 0 Å². The van der Waals surface area contributed by atoms with Gasteiger partial charge in [0.15, 0.2) is 0 Å². The monoisotopic (exact) mass is 338 g/mol. The number of aryl methyl sites for hydroxylation is 2. The number of carbonyl (C=O) groups is 2. The Morgan fingerprint density at radius 1 is 1.20 bits per heavy atom. The van der Waals surface area contributed by atoms with Gasteiger partial charge in [-0.15, -0.1) is 0 Å². The van der Waals surface area contributed by atoms with Crippen LogP contribution >= 0.6 is 0 Å². The van der Waals surface area contributed by atoms with Gasteiger partial charge in [0.1, 0.15) is 0 Å². The van der Waals surface area contributed by atoms with Crippen molar-refractivity contribution in [1.82, 2.24) is 5.32 Å². The number of fused-ring (bicyclic) bond motifs is 1. The van der Waals surface area contributed by atoms with Gasteiger partial charge in [-0.05, 0) is 47.7 Å². The van der Waals surface area contributed by atoms with Crippen LogP contribution in [0.2, 0.25) is 0 Å². The molecule has 0 fully saturated rings. The summed E-state index contributed by atoms with van der Waals surface area (Å²) in [7, 11) is 0. The molecule has 2 aromatic carbocycles. The predicted octanol–water partition coefficient (Wildman–Crippen LogP) is 2.60. The lowest BCUT2D eigenvalue weighted by atomic mass is 9.99. The average molecular weight is 338 g/mol. The maximum atomic E-state index is 12.6. The molecule has 2 amide bonds. The summed E-state index contributed by atoms with van der Waals surface area (Å²) in [5, 5.41) is 15.3. The van der Waals surface area contributed by atoms with E-state index in [4.69, 9.17) is 0 Å². The van der Waals surface area contributed by atoms with Gasteiger partial charge in [-0.2, -0.15) is 0 Å². The Bertz CT molecular complexity index is 784. The fourth-order valence-corrected chi connectivity index (χ4v) is 2.99. The Kier molecular flexibility index (Phi) is 5.14. The van der Waals surface area contributed by atoms with E-state index in [0.717, 1.165) is 23.2 Å². The zero-order valence-corrected chi connectivity index (χ0v) is 14.2. The molecule has 1 atom stereocenters. The van der Waals surface area contributed by atoms with Crippen LogP contribution in [0.1, 0.15) is 46.4 Å². The largest absolute Gasteiger partial charge is 0.394 e. The molecule has 1 aliphatic heterocycles. The van der Waals surface area contributed by atoms with Crippen LogP contribution in [0.25, 0.3) is 0 Å². The first kappa shape index (κ1) is 17.2. The standard InChI is InChI=1S/C20H22N2O3/c1-2-13-3-5-14(6-4-13)18(12-23)22-20(25)16-7-9-17-15(11-16)8-10-19(24)21-17/h3-7,9,11,18,23H,2,8,10,12H2,1H3,(H,21,24)(H,22,25). The molecule has 1 unspecified atom stereocenters. The highest BCUT2D eigenvalue weighted by molar-refractivity contribution is 5.98. The third-order valence-electron chi connectivity index (χ3n) is 4.54. The number of benzene rings is 2. The van der Waals surface area contributed by atoms with Crippen molar-refractivity contribution < 1.29 is 14.7 Å². The number of anilines is 1. The van der Waals surface area contributed by atoms with Crippen molar-refractivity contribution >= 4 is 17.5 Å². The number of amides is 2. The smallest absolute Gasteiger partial charge is 0.251 e. The van der Waals surface area contributed by atoms with Crippen molar-refractivity contribution in [3.63, 3.8) is 0 Å². The second-order valence-electron chi connectivity index (χ2n) is 6.22. The third-order valence-corrected chi connectivity index (χ3v) is 4.54. The van der Waals surface area contributed by atoms with Crippen LogP contribution in [0.5, 0.6) is 0 Å². The van der Waals surface area contributed by atoms with Crippen LogP contribution in [-0.4, -0.2) is 23.5 Å². The molecule has 0 radical (unpaired) electrons. The molecule has 0 spiro atoms. The molecule has 3 rings (SSSR count). The molecule has 1 heterocycles. The lowest BCUT2D eigenvalue weighted by Gasteiger charge is -2.19. The quantitative estimate of drug-likeness (QED) is 0.784. The second-order valence-corrected chi connectivity index (χ2v) is 6.22. The van der Waals surface area contributed by atoms with Crippen molar-refractivity contribution in [2.75, 3.05) is 11.9 Å². The maximum absolute atomic E-state index is 12.6. The van der Waals surface area contributed by atoms with Gasteiger partial charge in [-0.1, -0.05) is 31.2 Å². The molecule has 25 heavy (non-hydrogen) atoms. The zero-order valence-electron chi connectivity index (χ0n) is 14.2. The summed E-state index contributed by atoms with van der Waals surface area (Å²) in [6, 6.07) is 12.7. The first-order chi connectivity index (χ1) is 12.1. The highest BCUT2D eigenvalue weighted by Gasteiger charge is 2.19. The molecular weight excluding hydrogens is 316 g/mol. The van der Waals surface area contributed by atoms with Gasteiger partial charge < -0.3 is 15.7 Å². The molecule has 5 heteroatoms. The van der Waals surface area contributed by atoms with E-state index in [1.54, 1.807) is 18.2 Å². The molecule has 2 aromatic rings. The number of aliphatic hydroxyl groups is 1. The predicted molar refractivity (Wildman–Crippen MR) is 96.5 cm³/mol. The van der Waals surface area contributed by atoms with Gasteiger partial charge >= 0.3 is 0 Å². The Labute approximate surface area is 147 Å². The van der Waals surface area contributed by atoms with Crippen LogP contribution < -0.4 is 10.6 Å². The van der Waals surface area contributed by atoms with Gasteiger partial charge in [0, 0.05) is 17.7 Å². The number of hydrogen-bond acceptors (Lipinski definition) is 3. The van der Waals surface area contributed by atoms with E-state index < -0.39 is 6.04 Å². The van der Waals surface area contributed by atoms with Gasteiger partial charge in [0.25, 0.3) is 5.91 Å². The lowest BCUT2D eigenvalue weighted by molar-refractivity contribution is -0.116. The molecular formula is C20H22N2O3. The van der Waals surface area contributed by atoms with Crippen LogP contribution in [0, 0.1) is 0 Å². The summed E-state index contributed by atoms with van der Waals surface area (Å²) in [6.07, 6.45) is 2.01. The molecule has 0 aromatic heterocycles. The third kappa shape index (κ3) is 3.88. The van der Waals surface area contributed by atoms with Crippen molar-refractivity contribution in [2.24, 2.45) is 0 Å². The Hall–Kier alpha value is -2.66. The molecule has 0 saturated carbocycles. The topological polar surface area (TPSA) is 78.4 Å². The van der Waals surface area contributed by atoms with Crippen LogP contribution in [-0.2, 0) is 17.6 Å². The molecule has 3 N–H and O–H groups in total. The Balaban J connectivity index is 1.74. The Morgan fingerprint density at radius 2 is 1.96 bits per heavy atom. The van der Waals surface area contributed by atoms with Crippen molar-refractivity contribution in [2.45, 2.75) is 32.2 Å². The average Bonchev–Trinajstić information content (AvgIpc) is 2.65. The summed E-state index contributed by atoms with van der Waals surface area (Å²) in [5.41, 5.74) is 4.34. The summed E-state index contributed by atoms with van der Waals surface area (Å²) < 4.78 is 0. The number of rotatable bonds is 5. The minimum Gasteiger partial charge on any atom is -0.394 e. The molecule has 130 valence electrons. The van der Waals surface area contributed by atoms with Crippen molar-refractivity contribution in [1.29, 1.82) is 0 Å². The van der Waals surface area contributed by atoms with Gasteiger partial charge in [-0.3, -0.25) is 9.59 Å². The van der Waals surface area contributed by atoms with E-state index in [1.165, 1.54) is 5.56 Å². The maximum Gasteiger partial charge on any atom is 0.251 e. The highest BCUT2D eigenvalue weighted by atomic mass is 16.3. The zero-order chi connectivity index (χ0) is 17.8. The molecule has 0 bridgehead atoms. The van der Waals surface area contributed by atoms with E-state index >= 15 is 0 Å². The minimum absolute atomic E-state index is 0.000530. The fourth-order valence-electron chi connectivity index (χ4n) is 2.99. The van der Waals surface area contributed by atoms with Crippen molar-refractivity contribution in [3.05, 3.63) is 64.7 Å². The molecule has 5 nitrogen and oxygen atoms in total. The van der Waals surface area contributed by atoms with E-state index in [2.05, 4.69) is 17.6 Å². The van der Waals surface area contributed by atoms with E-state index in [0.29, 0.717) is 18.4 Å². The van der Waals surface area contributed by atoms with Gasteiger partial charge in [0.05, 0.1) is 12.6 Å². The van der Waals surface area contributed by atoms with Crippen LogP contribution in [0.15, 0.2) is 42.5 Å². The minimum atomic E-state index is -0.450. The first-order valence-electron chi connectivity index (χ1n) is 8.54. The van der Waals surface area contributed by atoms with E-state index in [9.17, 15) is 14.7 Å². The summed E-state index contributed by atoms with van der Waals surface area (Å²) >= 11 is 0. The highest BCUT2D eigenvalue weighted by Crippen LogP contribution is 2.24. The molecule has 1 aliphatic rings. The number of nitrogens with one attached hydrogen (secondary N) is 2. The Morgan fingerprint density at radius 3 is 2.64 bits per heavy atom. The van der Waals surface area contributed by atoms with Crippen LogP contribution in [0.3, 0.4) is 0 Å². The lowest BCUT2D eigenvalue weighted by Crippen LogP contribution is -2.31. The number of hydrogen-bond donors (Lipinski definition) is 3. The number of carbonyl (C=O) groups excluding carboxylic acids is 2. The van der Waals surface area contributed by atoms with E-state index in [-0.39, 0.29) is 18.4 Å². The fraction of sp³-hybridized carbons (Fsp3) is 0.300. The van der Waals surface area contributed by atoms with Gasteiger partial charge in [-0.25, -0.2) is 0 Å². The normalized spacial score (nSPS) is 14.4. The molecule has 0 aliphatic carbocycles. The second kappa shape index (κ2) is 7.49.